The minimum absolute atomic E-state index is 0.0175. The molecule has 0 aliphatic carbocycles. The molecule has 23 heavy (non-hydrogen) atoms. The fourth-order valence-electron chi connectivity index (χ4n) is 3.63. The van der Waals surface area contributed by atoms with Crippen LogP contribution < -0.4 is 5.32 Å². The lowest BCUT2D eigenvalue weighted by Gasteiger charge is -2.35. The zero-order valence-corrected chi connectivity index (χ0v) is 12.8. The van der Waals surface area contributed by atoms with Gasteiger partial charge >= 0.3 is 6.03 Å². The highest BCUT2D eigenvalue weighted by atomic mass is 19.1. The number of aromatic nitrogens is 2. The highest BCUT2D eigenvalue weighted by Crippen LogP contribution is 2.43. The Morgan fingerprint density at radius 3 is 3.00 bits per heavy atom. The third kappa shape index (κ3) is 2.34. The third-order valence-corrected chi connectivity index (χ3v) is 4.66. The van der Waals surface area contributed by atoms with Crippen molar-refractivity contribution in [2.45, 2.75) is 38.3 Å². The number of carbonyl (C=O) groups is 1. The average molecular weight is 312 g/mol. The first-order valence-corrected chi connectivity index (χ1v) is 7.80. The lowest BCUT2D eigenvalue weighted by molar-refractivity contribution is 0.178. The summed E-state index contributed by atoms with van der Waals surface area (Å²) in [6.07, 6.45) is 4.40. The van der Waals surface area contributed by atoms with Gasteiger partial charge in [-0.1, -0.05) is 12.1 Å². The Balaban J connectivity index is 1.62. The van der Waals surface area contributed by atoms with Crippen LogP contribution in [0.3, 0.4) is 0 Å². The summed E-state index contributed by atoms with van der Waals surface area (Å²) < 4.78 is 13.8. The molecule has 2 bridgehead atoms. The van der Waals surface area contributed by atoms with Crippen LogP contribution >= 0.6 is 0 Å². The molecule has 1 saturated heterocycles. The van der Waals surface area contributed by atoms with E-state index in [1.54, 1.807) is 18.2 Å². The molecular formula is C17H17FN4O. The lowest BCUT2D eigenvalue weighted by Crippen LogP contribution is -2.44. The highest BCUT2D eigenvalue weighted by molar-refractivity contribution is 5.90. The van der Waals surface area contributed by atoms with Crippen molar-refractivity contribution in [3.05, 3.63) is 53.4 Å². The van der Waals surface area contributed by atoms with E-state index in [0.717, 1.165) is 36.3 Å². The van der Waals surface area contributed by atoms with Crippen molar-refractivity contribution >= 4 is 11.7 Å². The molecule has 0 saturated carbocycles. The van der Waals surface area contributed by atoms with E-state index in [1.807, 2.05) is 18.0 Å². The van der Waals surface area contributed by atoms with Gasteiger partial charge in [-0.3, -0.25) is 0 Å². The number of fused-ring (bicyclic) bond motifs is 4. The van der Waals surface area contributed by atoms with Crippen molar-refractivity contribution in [3.63, 3.8) is 0 Å². The third-order valence-electron chi connectivity index (χ3n) is 4.66. The van der Waals surface area contributed by atoms with Crippen LogP contribution in [0.25, 0.3) is 0 Å². The molecule has 2 unspecified atom stereocenters. The molecule has 118 valence electrons. The van der Waals surface area contributed by atoms with Crippen LogP contribution in [0.1, 0.15) is 36.0 Å². The number of hydrogen-bond donors (Lipinski definition) is 1. The van der Waals surface area contributed by atoms with E-state index in [2.05, 4.69) is 15.3 Å². The Kier molecular flexibility index (Phi) is 3.25. The van der Waals surface area contributed by atoms with Crippen molar-refractivity contribution in [1.29, 1.82) is 0 Å². The van der Waals surface area contributed by atoms with E-state index in [1.165, 1.54) is 6.07 Å². The van der Waals surface area contributed by atoms with Crippen LogP contribution in [0.5, 0.6) is 0 Å². The number of nitrogens with one attached hydrogen (secondary N) is 1. The molecule has 0 radical (unpaired) electrons. The number of hydrogen-bond acceptors (Lipinski definition) is 3. The molecule has 2 amide bonds. The fraction of sp³-hybridized carbons (Fsp3) is 0.353. The van der Waals surface area contributed by atoms with Gasteiger partial charge in [0.2, 0.25) is 0 Å². The molecule has 1 aromatic carbocycles. The molecule has 2 aromatic rings. The number of benzene rings is 1. The zero-order chi connectivity index (χ0) is 16.0. The Labute approximate surface area is 133 Å². The van der Waals surface area contributed by atoms with Gasteiger partial charge in [-0.25, -0.2) is 19.2 Å². The normalized spacial score (nSPS) is 21.9. The molecule has 5 nitrogen and oxygen atoms in total. The highest BCUT2D eigenvalue weighted by Gasteiger charge is 2.43. The van der Waals surface area contributed by atoms with Crippen LogP contribution in [0.15, 0.2) is 30.5 Å². The second-order valence-corrected chi connectivity index (χ2v) is 6.09. The summed E-state index contributed by atoms with van der Waals surface area (Å²) >= 11 is 0. The molecule has 3 heterocycles. The first kappa shape index (κ1) is 14.1. The lowest BCUT2D eigenvalue weighted by atomic mass is 9.99. The van der Waals surface area contributed by atoms with Gasteiger partial charge in [0, 0.05) is 24.2 Å². The van der Waals surface area contributed by atoms with Crippen LogP contribution in [-0.2, 0) is 6.42 Å². The standard InChI is InChI=1S/C17H17FN4O/c1-10-19-9-12-15(20-10)8-11-6-7-16(12)22(11)17(23)21-14-5-3-2-4-13(14)18/h2-5,9,11,16H,6-8H2,1H3,(H,21,23). The Morgan fingerprint density at radius 2 is 2.17 bits per heavy atom. The summed E-state index contributed by atoms with van der Waals surface area (Å²) in [5.41, 5.74) is 2.27. The number of rotatable bonds is 1. The molecule has 1 N–H and O–H groups in total. The first-order chi connectivity index (χ1) is 11.1. The van der Waals surface area contributed by atoms with E-state index in [4.69, 9.17) is 0 Å². The summed E-state index contributed by atoms with van der Waals surface area (Å²) in [4.78, 5) is 23.3. The summed E-state index contributed by atoms with van der Waals surface area (Å²) in [6, 6.07) is 6.06. The van der Waals surface area contributed by atoms with Crippen molar-refractivity contribution in [3.8, 4) is 0 Å². The number of aryl methyl sites for hydroxylation is 1. The smallest absolute Gasteiger partial charge is 0.314 e. The van der Waals surface area contributed by atoms with Gasteiger partial charge in [0.25, 0.3) is 0 Å². The maximum Gasteiger partial charge on any atom is 0.322 e. The van der Waals surface area contributed by atoms with Crippen molar-refractivity contribution < 1.29 is 9.18 Å². The van der Waals surface area contributed by atoms with E-state index < -0.39 is 5.82 Å². The maximum atomic E-state index is 13.8. The summed E-state index contributed by atoms with van der Waals surface area (Å²) in [6.45, 7) is 1.87. The largest absolute Gasteiger partial charge is 0.322 e. The topological polar surface area (TPSA) is 58.1 Å². The molecule has 2 atom stereocenters. The average Bonchev–Trinajstić information content (AvgIpc) is 2.85. The molecule has 6 heteroatoms. The molecule has 4 rings (SSSR count). The van der Waals surface area contributed by atoms with E-state index in [0.29, 0.717) is 0 Å². The second kappa shape index (κ2) is 5.30. The molecule has 1 aromatic heterocycles. The Bertz CT molecular complexity index is 779. The number of nitrogens with zero attached hydrogens (tertiary/aromatic N) is 3. The van der Waals surface area contributed by atoms with Gasteiger partial charge < -0.3 is 10.2 Å². The Hall–Kier alpha value is -2.50. The predicted octanol–water partition coefficient (Wildman–Crippen LogP) is 3.22. The second-order valence-electron chi connectivity index (χ2n) is 6.09. The summed E-state index contributed by atoms with van der Waals surface area (Å²) in [5.74, 6) is 0.331. The molecule has 0 spiro atoms. The Morgan fingerprint density at radius 1 is 1.35 bits per heavy atom. The van der Waals surface area contributed by atoms with Gasteiger partial charge in [-0.15, -0.1) is 0 Å². The van der Waals surface area contributed by atoms with Crippen molar-refractivity contribution in [2.75, 3.05) is 5.32 Å². The van der Waals surface area contributed by atoms with Gasteiger partial charge in [0.1, 0.15) is 11.6 Å². The number of carbonyl (C=O) groups excluding carboxylic acids is 1. The van der Waals surface area contributed by atoms with Crippen molar-refractivity contribution in [2.24, 2.45) is 0 Å². The predicted molar refractivity (Wildman–Crippen MR) is 83.5 cm³/mol. The number of anilines is 1. The molecule has 1 fully saturated rings. The van der Waals surface area contributed by atoms with E-state index in [-0.39, 0.29) is 23.8 Å². The van der Waals surface area contributed by atoms with E-state index >= 15 is 0 Å². The summed E-state index contributed by atoms with van der Waals surface area (Å²) in [5, 5.41) is 2.69. The summed E-state index contributed by atoms with van der Waals surface area (Å²) in [7, 11) is 0. The molecule has 2 aliphatic heterocycles. The van der Waals surface area contributed by atoms with E-state index in [9.17, 15) is 9.18 Å². The first-order valence-electron chi connectivity index (χ1n) is 7.80. The number of para-hydroxylation sites is 1. The number of amides is 2. The van der Waals surface area contributed by atoms with Crippen LogP contribution in [0.2, 0.25) is 0 Å². The van der Waals surface area contributed by atoms with Crippen LogP contribution in [0, 0.1) is 12.7 Å². The SMILES string of the molecule is Cc1ncc2c(n1)CC1CCC2N1C(=O)Nc1ccccc1F. The van der Waals surface area contributed by atoms with Crippen LogP contribution in [-0.4, -0.2) is 26.9 Å². The van der Waals surface area contributed by atoms with Gasteiger partial charge in [-0.05, 0) is 31.9 Å². The van der Waals surface area contributed by atoms with Gasteiger partial charge in [-0.2, -0.15) is 0 Å². The number of halogens is 1. The van der Waals surface area contributed by atoms with Gasteiger partial charge in [0.05, 0.1) is 17.4 Å². The quantitative estimate of drug-likeness (QED) is 0.879. The molecule has 2 aliphatic rings. The minimum atomic E-state index is -0.426. The fourth-order valence-corrected chi connectivity index (χ4v) is 3.63. The minimum Gasteiger partial charge on any atom is -0.314 e. The molecular weight excluding hydrogens is 295 g/mol. The maximum absolute atomic E-state index is 13.8. The van der Waals surface area contributed by atoms with Crippen molar-refractivity contribution in [1.82, 2.24) is 14.9 Å². The monoisotopic (exact) mass is 312 g/mol. The zero-order valence-electron chi connectivity index (χ0n) is 12.8. The van der Waals surface area contributed by atoms with Gasteiger partial charge in [0.15, 0.2) is 0 Å². The van der Waals surface area contributed by atoms with Crippen LogP contribution in [0.4, 0.5) is 14.9 Å². The number of urea groups is 1.